The fourth-order valence-corrected chi connectivity index (χ4v) is 4.42. The van der Waals surface area contributed by atoms with Gasteiger partial charge in [0.2, 0.25) is 0 Å². The van der Waals surface area contributed by atoms with Crippen LogP contribution in [-0.4, -0.2) is 39.3 Å². The number of ether oxygens (including phenoxy) is 1. The van der Waals surface area contributed by atoms with Crippen LogP contribution in [0, 0.1) is 0 Å². The molecule has 0 unspecified atom stereocenters. The zero-order valence-corrected chi connectivity index (χ0v) is 15.4. The normalized spacial score (nSPS) is 19.4. The van der Waals surface area contributed by atoms with Crippen LogP contribution in [0.25, 0.3) is 5.69 Å². The standard InChI is InChI=1S/C19H19N7O2/c1-27-19(8-4-5-9-19)17-22-18(23-28-17)25-12-21-16-13-6-2-3-7-14(13)24-11-20-10-15(24)26(16)25/h2-3,6-7,10-11H,4-5,8-9,12H2,1H3. The summed E-state index contributed by atoms with van der Waals surface area (Å²) in [4.78, 5) is 13.8. The summed E-state index contributed by atoms with van der Waals surface area (Å²) in [6.07, 6.45) is 7.63. The predicted octanol–water partition coefficient (Wildman–Crippen LogP) is 2.63. The van der Waals surface area contributed by atoms with Crippen LogP contribution in [0.4, 0.5) is 11.8 Å². The molecule has 0 saturated heterocycles. The molecule has 0 spiro atoms. The summed E-state index contributed by atoms with van der Waals surface area (Å²) in [6.45, 7) is 0.411. The van der Waals surface area contributed by atoms with Crippen molar-refractivity contribution in [2.75, 3.05) is 23.8 Å². The van der Waals surface area contributed by atoms with Crippen LogP contribution in [0.2, 0.25) is 0 Å². The van der Waals surface area contributed by atoms with Gasteiger partial charge in [0.25, 0.3) is 11.8 Å². The number of nitrogens with zero attached hydrogens (tertiary/aromatic N) is 7. The first-order valence-electron chi connectivity index (χ1n) is 9.44. The lowest BCUT2D eigenvalue weighted by Gasteiger charge is -2.33. The van der Waals surface area contributed by atoms with Crippen LogP contribution in [0.1, 0.15) is 37.1 Å². The molecule has 2 aromatic heterocycles. The summed E-state index contributed by atoms with van der Waals surface area (Å²) in [5, 5.41) is 8.16. The molecular formula is C19H19N7O2. The highest BCUT2D eigenvalue weighted by molar-refractivity contribution is 6.16. The fourth-order valence-electron chi connectivity index (χ4n) is 4.42. The van der Waals surface area contributed by atoms with Gasteiger partial charge in [0, 0.05) is 12.7 Å². The van der Waals surface area contributed by atoms with Crippen molar-refractivity contribution in [2.45, 2.75) is 31.3 Å². The van der Waals surface area contributed by atoms with E-state index in [4.69, 9.17) is 19.2 Å². The third kappa shape index (κ3) is 1.99. The van der Waals surface area contributed by atoms with E-state index in [1.54, 1.807) is 7.11 Å². The van der Waals surface area contributed by atoms with E-state index in [1.165, 1.54) is 0 Å². The number of fused-ring (bicyclic) bond motifs is 6. The maximum Gasteiger partial charge on any atom is 0.287 e. The zero-order chi connectivity index (χ0) is 18.7. The lowest BCUT2D eigenvalue weighted by atomic mass is 10.0. The highest BCUT2D eigenvalue weighted by Gasteiger charge is 2.43. The number of imidazole rings is 1. The maximum absolute atomic E-state index is 5.79. The topological polar surface area (TPSA) is 84.8 Å². The monoisotopic (exact) mass is 377 g/mol. The van der Waals surface area contributed by atoms with E-state index in [9.17, 15) is 0 Å². The van der Waals surface area contributed by atoms with Crippen molar-refractivity contribution in [3.8, 4) is 5.69 Å². The molecule has 0 bridgehead atoms. The van der Waals surface area contributed by atoms with E-state index in [2.05, 4.69) is 22.3 Å². The Kier molecular flexibility index (Phi) is 3.19. The lowest BCUT2D eigenvalue weighted by molar-refractivity contribution is -0.0342. The minimum atomic E-state index is -0.467. The van der Waals surface area contributed by atoms with E-state index >= 15 is 0 Å². The number of para-hydroxylation sites is 1. The molecule has 1 aliphatic carbocycles. The van der Waals surface area contributed by atoms with Gasteiger partial charge in [-0.05, 0) is 43.0 Å². The number of methoxy groups -OCH3 is 1. The lowest BCUT2D eigenvalue weighted by Crippen LogP contribution is -2.46. The minimum absolute atomic E-state index is 0.411. The molecule has 0 atom stereocenters. The Labute approximate surface area is 161 Å². The van der Waals surface area contributed by atoms with Gasteiger partial charge in [-0.2, -0.15) is 4.98 Å². The largest absolute Gasteiger partial charge is 0.368 e. The molecule has 1 fully saturated rings. The van der Waals surface area contributed by atoms with Gasteiger partial charge >= 0.3 is 0 Å². The highest BCUT2D eigenvalue weighted by Crippen LogP contribution is 2.42. The fraction of sp³-hybridized carbons (Fsp3) is 0.368. The maximum atomic E-state index is 5.79. The van der Waals surface area contributed by atoms with E-state index in [1.807, 2.05) is 39.2 Å². The quantitative estimate of drug-likeness (QED) is 0.694. The van der Waals surface area contributed by atoms with Gasteiger partial charge in [-0.1, -0.05) is 12.1 Å². The van der Waals surface area contributed by atoms with Gasteiger partial charge in [-0.25, -0.2) is 20.0 Å². The molecular weight excluding hydrogens is 358 g/mol. The van der Waals surface area contributed by atoms with E-state index in [-0.39, 0.29) is 0 Å². The summed E-state index contributed by atoms with van der Waals surface area (Å²) in [5.41, 5.74) is 1.64. The minimum Gasteiger partial charge on any atom is -0.368 e. The predicted molar refractivity (Wildman–Crippen MR) is 101 cm³/mol. The first-order valence-corrected chi connectivity index (χ1v) is 9.44. The average molecular weight is 377 g/mol. The number of hydrazine groups is 1. The van der Waals surface area contributed by atoms with Crippen molar-refractivity contribution < 1.29 is 9.26 Å². The molecule has 3 aromatic rings. The number of rotatable bonds is 3. The molecule has 0 N–H and O–H groups in total. The van der Waals surface area contributed by atoms with Crippen LogP contribution in [-0.2, 0) is 10.3 Å². The molecule has 1 aromatic carbocycles. The number of amidine groups is 1. The van der Waals surface area contributed by atoms with Crippen LogP contribution in [0.5, 0.6) is 0 Å². The molecule has 0 amide bonds. The third-order valence-corrected chi connectivity index (χ3v) is 5.87. The van der Waals surface area contributed by atoms with Gasteiger partial charge in [-0.15, -0.1) is 0 Å². The van der Waals surface area contributed by atoms with Gasteiger partial charge < -0.3 is 9.26 Å². The summed E-state index contributed by atoms with van der Waals surface area (Å²) in [6, 6.07) is 8.16. The van der Waals surface area contributed by atoms with Crippen LogP contribution < -0.4 is 10.0 Å². The molecule has 6 rings (SSSR count). The first kappa shape index (κ1) is 15.8. The molecule has 1 saturated carbocycles. The van der Waals surface area contributed by atoms with Gasteiger partial charge in [-0.3, -0.25) is 4.57 Å². The van der Waals surface area contributed by atoms with E-state index in [0.29, 0.717) is 18.5 Å². The van der Waals surface area contributed by atoms with Gasteiger partial charge in [0.05, 0.1) is 11.9 Å². The number of aliphatic imine (C=N–C) groups is 1. The van der Waals surface area contributed by atoms with E-state index in [0.717, 1.165) is 48.6 Å². The second kappa shape index (κ2) is 5.65. The molecule has 9 nitrogen and oxygen atoms in total. The Morgan fingerprint density at radius 2 is 2.04 bits per heavy atom. The van der Waals surface area contributed by atoms with E-state index < -0.39 is 5.60 Å². The Balaban J connectivity index is 1.41. The number of anilines is 2. The number of aromatic nitrogens is 4. The number of hydrogen-bond donors (Lipinski definition) is 0. The third-order valence-electron chi connectivity index (χ3n) is 5.87. The van der Waals surface area contributed by atoms with Crippen molar-refractivity contribution in [3.63, 3.8) is 0 Å². The summed E-state index contributed by atoms with van der Waals surface area (Å²) in [7, 11) is 1.71. The molecule has 9 heteroatoms. The number of hydrogen-bond acceptors (Lipinski definition) is 8. The van der Waals surface area contributed by atoms with Gasteiger partial charge in [0.15, 0.2) is 11.7 Å². The summed E-state index contributed by atoms with van der Waals surface area (Å²) < 4.78 is 13.5. The highest BCUT2D eigenvalue weighted by atomic mass is 16.5. The Hall–Kier alpha value is -3.20. The van der Waals surface area contributed by atoms with Crippen molar-refractivity contribution in [1.82, 2.24) is 19.7 Å². The molecule has 2 aliphatic heterocycles. The average Bonchev–Trinajstić information content (AvgIpc) is 3.53. The Morgan fingerprint density at radius 3 is 2.89 bits per heavy atom. The Morgan fingerprint density at radius 1 is 1.18 bits per heavy atom. The molecule has 3 aliphatic rings. The molecule has 142 valence electrons. The summed E-state index contributed by atoms with van der Waals surface area (Å²) >= 11 is 0. The van der Waals surface area contributed by atoms with Gasteiger partial charge in [0.1, 0.15) is 18.6 Å². The molecule has 0 radical (unpaired) electrons. The van der Waals surface area contributed by atoms with Crippen molar-refractivity contribution >= 4 is 17.6 Å². The first-order chi connectivity index (χ1) is 13.8. The molecule has 4 heterocycles. The molecule has 28 heavy (non-hydrogen) atoms. The SMILES string of the molecule is COC1(c2nc(N3CN=C4c5ccccc5-n5cncc5N43)no2)CCCC1. The Bertz CT molecular complexity index is 1080. The summed E-state index contributed by atoms with van der Waals surface area (Å²) in [5.74, 6) is 2.77. The number of benzene rings is 1. The van der Waals surface area contributed by atoms with Crippen molar-refractivity contribution in [1.29, 1.82) is 0 Å². The zero-order valence-electron chi connectivity index (χ0n) is 15.4. The van der Waals surface area contributed by atoms with Crippen LogP contribution in [0.15, 0.2) is 46.3 Å². The second-order valence-corrected chi connectivity index (χ2v) is 7.28. The second-order valence-electron chi connectivity index (χ2n) is 7.28. The van der Waals surface area contributed by atoms with Crippen LogP contribution in [0.3, 0.4) is 0 Å². The van der Waals surface area contributed by atoms with Crippen molar-refractivity contribution in [3.05, 3.63) is 48.2 Å². The van der Waals surface area contributed by atoms with Crippen LogP contribution >= 0.6 is 0 Å². The van der Waals surface area contributed by atoms with Crippen molar-refractivity contribution in [2.24, 2.45) is 4.99 Å². The smallest absolute Gasteiger partial charge is 0.287 e.